The van der Waals surface area contributed by atoms with Crippen LogP contribution in [0.1, 0.15) is 12.8 Å². The highest BCUT2D eigenvalue weighted by atomic mass is 16.5. The van der Waals surface area contributed by atoms with Gasteiger partial charge in [0.1, 0.15) is 11.5 Å². The van der Waals surface area contributed by atoms with Crippen LogP contribution in [0.4, 0.5) is 0 Å². The van der Waals surface area contributed by atoms with Gasteiger partial charge in [-0.2, -0.15) is 5.10 Å². The molecule has 1 fully saturated rings. The Labute approximate surface area is 148 Å². The molecule has 4 nitrogen and oxygen atoms in total. The minimum absolute atomic E-state index is 0.732. The number of ether oxygens (including phenoxy) is 1. The molecule has 0 bridgehead atoms. The van der Waals surface area contributed by atoms with E-state index in [0.29, 0.717) is 0 Å². The van der Waals surface area contributed by atoms with E-state index in [9.17, 15) is 0 Å². The van der Waals surface area contributed by atoms with Crippen LogP contribution in [0.5, 0.6) is 11.5 Å². The lowest BCUT2D eigenvalue weighted by Gasteiger charge is -2.22. The van der Waals surface area contributed by atoms with E-state index in [1.165, 1.54) is 12.8 Å². The van der Waals surface area contributed by atoms with E-state index in [1.807, 2.05) is 42.5 Å². The Hall–Kier alpha value is -2.59. The second-order valence-corrected chi connectivity index (χ2v) is 6.56. The van der Waals surface area contributed by atoms with Crippen LogP contribution < -0.4 is 10.1 Å². The van der Waals surface area contributed by atoms with E-state index in [0.717, 1.165) is 48.3 Å². The molecule has 3 aromatic rings. The maximum Gasteiger partial charge on any atom is 0.127 e. The van der Waals surface area contributed by atoms with Crippen LogP contribution in [0.15, 0.2) is 66.9 Å². The Morgan fingerprint density at radius 1 is 0.920 bits per heavy atom. The molecule has 128 valence electrons. The van der Waals surface area contributed by atoms with Gasteiger partial charge in [-0.3, -0.25) is 4.68 Å². The van der Waals surface area contributed by atoms with Crippen LogP contribution >= 0.6 is 0 Å². The molecule has 1 aliphatic rings. The Kier molecular flexibility index (Phi) is 4.79. The van der Waals surface area contributed by atoms with Crippen LogP contribution in [-0.2, 0) is 6.54 Å². The van der Waals surface area contributed by atoms with Crippen LogP contribution in [0.2, 0.25) is 0 Å². The topological polar surface area (TPSA) is 39.1 Å². The number of hydrogen-bond acceptors (Lipinski definition) is 3. The Morgan fingerprint density at radius 3 is 2.40 bits per heavy atom. The fourth-order valence-corrected chi connectivity index (χ4v) is 3.26. The van der Waals surface area contributed by atoms with Gasteiger partial charge in [0.2, 0.25) is 0 Å². The van der Waals surface area contributed by atoms with E-state index in [2.05, 4.69) is 34.4 Å². The predicted molar refractivity (Wildman–Crippen MR) is 99.8 cm³/mol. The molecule has 0 aliphatic carbocycles. The number of para-hydroxylation sites is 1. The summed E-state index contributed by atoms with van der Waals surface area (Å²) < 4.78 is 7.93. The van der Waals surface area contributed by atoms with Crippen molar-refractivity contribution in [1.82, 2.24) is 15.1 Å². The zero-order valence-corrected chi connectivity index (χ0v) is 14.3. The largest absolute Gasteiger partial charge is 0.457 e. The number of hydrogen-bond donors (Lipinski definition) is 1. The van der Waals surface area contributed by atoms with Gasteiger partial charge in [-0.05, 0) is 74.3 Å². The Morgan fingerprint density at radius 2 is 1.64 bits per heavy atom. The zero-order valence-electron chi connectivity index (χ0n) is 14.3. The molecule has 25 heavy (non-hydrogen) atoms. The highest BCUT2D eigenvalue weighted by Crippen LogP contribution is 2.25. The summed E-state index contributed by atoms with van der Waals surface area (Å²) >= 11 is 0. The second kappa shape index (κ2) is 7.53. The molecule has 1 saturated heterocycles. The minimum atomic E-state index is 0.732. The summed E-state index contributed by atoms with van der Waals surface area (Å²) in [6.07, 6.45) is 4.56. The summed E-state index contributed by atoms with van der Waals surface area (Å²) in [6.45, 7) is 3.26. The third kappa shape index (κ3) is 4.09. The van der Waals surface area contributed by atoms with Crippen LogP contribution in [0.3, 0.4) is 0 Å². The number of piperidine rings is 1. The molecule has 1 N–H and O–H groups in total. The maximum absolute atomic E-state index is 5.84. The average molecular weight is 333 g/mol. The standard InChI is InChI=1S/C21H23N3O/c1-2-4-19(5-3-1)25-20-8-6-18(7-9-20)21-12-15-24(23-21)16-17-10-13-22-14-11-17/h1-9,12,15,17,22H,10-11,13-14,16H2. The van der Waals surface area contributed by atoms with Gasteiger partial charge in [0.25, 0.3) is 0 Å². The van der Waals surface area contributed by atoms with Crippen LogP contribution in [-0.4, -0.2) is 22.9 Å². The Balaban J connectivity index is 1.41. The van der Waals surface area contributed by atoms with Crippen molar-refractivity contribution in [3.8, 4) is 22.8 Å². The number of nitrogens with one attached hydrogen (secondary N) is 1. The number of benzene rings is 2. The maximum atomic E-state index is 5.84. The Bertz CT molecular complexity index is 790. The molecule has 0 spiro atoms. The van der Waals surface area contributed by atoms with Gasteiger partial charge in [-0.1, -0.05) is 18.2 Å². The molecule has 1 aliphatic heterocycles. The van der Waals surface area contributed by atoms with Crippen molar-refractivity contribution in [1.29, 1.82) is 0 Å². The first-order valence-electron chi connectivity index (χ1n) is 8.94. The molecule has 0 saturated carbocycles. The molecule has 0 radical (unpaired) electrons. The van der Waals surface area contributed by atoms with Crippen molar-refractivity contribution < 1.29 is 4.74 Å². The van der Waals surface area contributed by atoms with Crippen molar-refractivity contribution in [2.75, 3.05) is 13.1 Å². The number of nitrogens with zero attached hydrogens (tertiary/aromatic N) is 2. The fourth-order valence-electron chi connectivity index (χ4n) is 3.26. The van der Waals surface area contributed by atoms with E-state index in [-0.39, 0.29) is 0 Å². The highest BCUT2D eigenvalue weighted by Gasteiger charge is 2.14. The lowest BCUT2D eigenvalue weighted by molar-refractivity contribution is 0.321. The number of aromatic nitrogens is 2. The molecular weight excluding hydrogens is 310 g/mol. The summed E-state index contributed by atoms with van der Waals surface area (Å²) in [7, 11) is 0. The van der Waals surface area contributed by atoms with E-state index in [4.69, 9.17) is 9.84 Å². The van der Waals surface area contributed by atoms with Gasteiger partial charge < -0.3 is 10.1 Å². The third-order valence-corrected chi connectivity index (χ3v) is 4.67. The van der Waals surface area contributed by atoms with Crippen molar-refractivity contribution in [2.45, 2.75) is 19.4 Å². The summed E-state index contributed by atoms with van der Waals surface area (Å²) in [5.74, 6) is 2.42. The summed E-state index contributed by atoms with van der Waals surface area (Å²) in [5, 5.41) is 8.16. The summed E-state index contributed by atoms with van der Waals surface area (Å²) in [4.78, 5) is 0. The molecule has 4 rings (SSSR count). The summed E-state index contributed by atoms with van der Waals surface area (Å²) in [6, 6.07) is 20.0. The van der Waals surface area contributed by atoms with Crippen molar-refractivity contribution in [2.24, 2.45) is 5.92 Å². The molecule has 2 aromatic carbocycles. The first-order valence-corrected chi connectivity index (χ1v) is 8.94. The lowest BCUT2D eigenvalue weighted by Crippen LogP contribution is -2.29. The predicted octanol–water partition coefficient (Wildman–Crippen LogP) is 4.34. The third-order valence-electron chi connectivity index (χ3n) is 4.67. The first-order chi connectivity index (χ1) is 12.4. The van der Waals surface area contributed by atoms with Crippen molar-refractivity contribution >= 4 is 0 Å². The van der Waals surface area contributed by atoms with Gasteiger partial charge in [-0.15, -0.1) is 0 Å². The van der Waals surface area contributed by atoms with Crippen LogP contribution in [0.25, 0.3) is 11.3 Å². The van der Waals surface area contributed by atoms with Gasteiger partial charge in [0.15, 0.2) is 0 Å². The normalized spacial score (nSPS) is 15.2. The quantitative estimate of drug-likeness (QED) is 0.755. The molecule has 0 unspecified atom stereocenters. The van der Waals surface area contributed by atoms with Crippen molar-refractivity contribution in [3.63, 3.8) is 0 Å². The molecule has 4 heteroatoms. The van der Waals surface area contributed by atoms with E-state index < -0.39 is 0 Å². The van der Waals surface area contributed by atoms with E-state index >= 15 is 0 Å². The van der Waals surface area contributed by atoms with E-state index in [1.54, 1.807) is 0 Å². The summed E-state index contributed by atoms with van der Waals surface area (Å²) in [5.41, 5.74) is 2.13. The molecule has 0 amide bonds. The fraction of sp³-hybridized carbons (Fsp3) is 0.286. The molecule has 1 aromatic heterocycles. The molecular formula is C21H23N3O. The number of rotatable bonds is 5. The monoisotopic (exact) mass is 333 g/mol. The first kappa shape index (κ1) is 15.9. The van der Waals surface area contributed by atoms with Gasteiger partial charge in [0.05, 0.1) is 5.69 Å². The average Bonchev–Trinajstić information content (AvgIpc) is 3.12. The SMILES string of the molecule is c1ccc(Oc2ccc(-c3ccn(CC4CCNCC4)n3)cc2)cc1. The van der Waals surface area contributed by atoms with Crippen molar-refractivity contribution in [3.05, 3.63) is 66.9 Å². The molecule has 2 heterocycles. The highest BCUT2D eigenvalue weighted by molar-refractivity contribution is 5.59. The second-order valence-electron chi connectivity index (χ2n) is 6.56. The van der Waals surface area contributed by atoms with Gasteiger partial charge in [0, 0.05) is 18.3 Å². The van der Waals surface area contributed by atoms with Gasteiger partial charge in [-0.25, -0.2) is 0 Å². The lowest BCUT2D eigenvalue weighted by atomic mass is 9.98. The molecule has 0 atom stereocenters. The smallest absolute Gasteiger partial charge is 0.127 e. The van der Waals surface area contributed by atoms with Gasteiger partial charge >= 0.3 is 0 Å². The minimum Gasteiger partial charge on any atom is -0.457 e. The van der Waals surface area contributed by atoms with Crippen LogP contribution in [0, 0.1) is 5.92 Å². The zero-order chi connectivity index (χ0) is 16.9.